The van der Waals surface area contributed by atoms with Gasteiger partial charge in [-0.1, -0.05) is 35.3 Å². The summed E-state index contributed by atoms with van der Waals surface area (Å²) in [6, 6.07) is 8.85. The Morgan fingerprint density at radius 2 is 1.64 bits per heavy atom. The number of hydrogen-bond acceptors (Lipinski definition) is 5. The van der Waals surface area contributed by atoms with Crippen LogP contribution in [0.2, 0.25) is 10.0 Å². The van der Waals surface area contributed by atoms with Crippen LogP contribution in [-0.4, -0.2) is 34.4 Å². The topological polar surface area (TPSA) is 122 Å². The maximum atomic E-state index is 13.6. The smallest absolute Gasteiger partial charge is 0.452 e. The average molecular weight is 630 g/mol. The van der Waals surface area contributed by atoms with Crippen molar-refractivity contribution in [1.82, 2.24) is 10.3 Å². The normalized spacial score (nSPS) is 17.1. The molecule has 0 spiro atoms. The molecule has 1 saturated carbocycles. The molecule has 0 saturated heterocycles. The summed E-state index contributed by atoms with van der Waals surface area (Å²) in [5, 5.41) is 13.1. The van der Waals surface area contributed by atoms with Gasteiger partial charge in [0.1, 0.15) is 5.82 Å². The van der Waals surface area contributed by atoms with Crippen molar-refractivity contribution in [1.29, 1.82) is 0 Å². The second kappa shape index (κ2) is 13.1. The molecule has 3 N–H and O–H groups in total. The molecule has 0 bridgehead atoms. The lowest BCUT2D eigenvalue weighted by atomic mass is 9.77. The Bertz CT molecular complexity index is 1450. The first-order valence-corrected chi connectivity index (χ1v) is 13.7. The maximum Gasteiger partial charge on any atom is 0.452 e. The number of carbonyl (C=O) groups excluding carboxylic acids is 2. The summed E-state index contributed by atoms with van der Waals surface area (Å²) in [5.74, 6) is -5.28. The Morgan fingerprint density at radius 3 is 2.21 bits per heavy atom. The van der Waals surface area contributed by atoms with Crippen molar-refractivity contribution in [3.63, 3.8) is 0 Å². The monoisotopic (exact) mass is 629 g/mol. The third-order valence-corrected chi connectivity index (χ3v) is 7.53. The first-order chi connectivity index (χ1) is 19.8. The molecule has 0 atom stereocenters. The van der Waals surface area contributed by atoms with E-state index in [4.69, 9.17) is 32.7 Å². The molecule has 14 heteroatoms. The molecule has 8 nitrogen and oxygen atoms in total. The standard InChI is InChI=1S/C28H25Cl2F4N3O5/c29-19-12-17(31)13-20(30)23(19)27-37-24(25(42-27)28(32,33)34)26(41)35-10-9-21(38)36-18-7-5-16(6-8-18)15-3-1-14(2-4-15)11-22(39)40/h5-8,12-15H,1-4,9-11H2,(H,35,41)(H,36,38)(H,39,40). The largest absolute Gasteiger partial charge is 0.481 e. The van der Waals surface area contributed by atoms with Crippen molar-refractivity contribution < 1.29 is 41.5 Å². The number of hydrogen-bond donors (Lipinski definition) is 3. The molecule has 2 aromatic carbocycles. The predicted octanol–water partition coefficient (Wildman–Crippen LogP) is 7.31. The molecule has 0 unspecified atom stereocenters. The van der Waals surface area contributed by atoms with Crippen molar-refractivity contribution >= 4 is 46.7 Å². The molecule has 224 valence electrons. The van der Waals surface area contributed by atoms with Gasteiger partial charge in [-0.25, -0.2) is 9.37 Å². The molecule has 1 aromatic heterocycles. The molecule has 2 amide bonds. The van der Waals surface area contributed by atoms with Crippen LogP contribution >= 0.6 is 23.2 Å². The van der Waals surface area contributed by atoms with Crippen molar-refractivity contribution in [3.8, 4) is 11.5 Å². The zero-order valence-corrected chi connectivity index (χ0v) is 23.4. The van der Waals surface area contributed by atoms with E-state index in [-0.39, 0.29) is 40.9 Å². The highest BCUT2D eigenvalue weighted by atomic mass is 35.5. The molecule has 1 aliphatic carbocycles. The zero-order valence-electron chi connectivity index (χ0n) is 21.9. The van der Waals surface area contributed by atoms with Gasteiger partial charge in [0.25, 0.3) is 5.91 Å². The quantitative estimate of drug-likeness (QED) is 0.213. The molecular weight excluding hydrogens is 605 g/mol. The minimum absolute atomic E-state index is 0.182. The lowest BCUT2D eigenvalue weighted by molar-refractivity contribution is -0.153. The minimum Gasteiger partial charge on any atom is -0.481 e. The molecule has 0 radical (unpaired) electrons. The van der Waals surface area contributed by atoms with Gasteiger partial charge < -0.3 is 20.2 Å². The average Bonchev–Trinajstić information content (AvgIpc) is 3.34. The van der Waals surface area contributed by atoms with Crippen molar-refractivity contribution in [2.75, 3.05) is 11.9 Å². The van der Waals surface area contributed by atoms with Gasteiger partial charge in [-0.2, -0.15) is 13.2 Å². The van der Waals surface area contributed by atoms with E-state index in [0.717, 1.165) is 43.4 Å². The van der Waals surface area contributed by atoms with Crippen molar-refractivity contribution in [2.45, 2.75) is 50.6 Å². The maximum absolute atomic E-state index is 13.6. The van der Waals surface area contributed by atoms with Crippen LogP contribution in [0.15, 0.2) is 40.8 Å². The van der Waals surface area contributed by atoms with E-state index in [1.807, 2.05) is 12.1 Å². The highest BCUT2D eigenvalue weighted by Gasteiger charge is 2.42. The first kappa shape index (κ1) is 31.3. The highest BCUT2D eigenvalue weighted by molar-refractivity contribution is 6.39. The second-order valence-electron chi connectivity index (χ2n) is 9.93. The van der Waals surface area contributed by atoms with Crippen LogP contribution in [0.3, 0.4) is 0 Å². The van der Waals surface area contributed by atoms with Crippen LogP contribution in [-0.2, 0) is 15.8 Å². The number of benzene rings is 2. The van der Waals surface area contributed by atoms with E-state index in [1.165, 1.54) is 0 Å². The Hall–Kier alpha value is -3.64. The highest BCUT2D eigenvalue weighted by Crippen LogP contribution is 2.40. The molecule has 0 aliphatic heterocycles. The van der Waals surface area contributed by atoms with Crippen LogP contribution in [0.5, 0.6) is 0 Å². The van der Waals surface area contributed by atoms with E-state index in [1.54, 1.807) is 12.1 Å². The molecule has 1 aliphatic rings. The molecule has 4 rings (SSSR count). The Labute approximate surface area is 247 Å². The summed E-state index contributed by atoms with van der Waals surface area (Å²) in [4.78, 5) is 39.5. The Kier molecular flexibility index (Phi) is 9.78. The fraction of sp³-hybridized carbons (Fsp3) is 0.357. The van der Waals surface area contributed by atoms with Crippen molar-refractivity contribution in [3.05, 3.63) is 69.3 Å². The van der Waals surface area contributed by atoms with Gasteiger partial charge in [-0.3, -0.25) is 14.4 Å². The zero-order chi connectivity index (χ0) is 30.6. The van der Waals surface area contributed by atoms with Crippen molar-refractivity contribution in [2.24, 2.45) is 5.92 Å². The summed E-state index contributed by atoms with van der Waals surface area (Å²) in [5.41, 5.74) is 0.176. The van der Waals surface area contributed by atoms with Crippen LogP contribution in [0.4, 0.5) is 23.2 Å². The predicted molar refractivity (Wildman–Crippen MR) is 146 cm³/mol. The van der Waals surface area contributed by atoms with Gasteiger partial charge in [0, 0.05) is 25.1 Å². The van der Waals surface area contributed by atoms with Crippen LogP contribution in [0, 0.1) is 11.7 Å². The number of aliphatic carboxylic acids is 1. The fourth-order valence-corrected chi connectivity index (χ4v) is 5.52. The molecular formula is C28H25Cl2F4N3O5. The number of aromatic nitrogens is 1. The molecule has 3 aromatic rings. The number of nitrogens with one attached hydrogen (secondary N) is 2. The van der Waals surface area contributed by atoms with E-state index in [9.17, 15) is 31.9 Å². The Morgan fingerprint density at radius 1 is 1.02 bits per heavy atom. The number of anilines is 1. The number of rotatable bonds is 9. The fourth-order valence-electron chi connectivity index (χ4n) is 4.90. The summed E-state index contributed by atoms with van der Waals surface area (Å²) in [6.45, 7) is -0.306. The lowest BCUT2D eigenvalue weighted by Gasteiger charge is -2.28. The lowest BCUT2D eigenvalue weighted by Crippen LogP contribution is -2.29. The van der Waals surface area contributed by atoms with E-state index >= 15 is 0 Å². The SMILES string of the molecule is O=C(O)CC1CCC(c2ccc(NC(=O)CCNC(=O)c3nc(-c4c(Cl)cc(F)cc4Cl)oc3C(F)(F)F)cc2)CC1. The number of nitrogens with zero attached hydrogens (tertiary/aromatic N) is 1. The first-order valence-electron chi connectivity index (χ1n) is 12.9. The molecule has 1 fully saturated rings. The van der Waals surface area contributed by atoms with Gasteiger partial charge in [-0.05, 0) is 67.3 Å². The van der Waals surface area contributed by atoms with Gasteiger partial charge >= 0.3 is 12.1 Å². The van der Waals surface area contributed by atoms with Gasteiger partial charge in [0.2, 0.25) is 17.6 Å². The number of alkyl halides is 3. The molecule has 42 heavy (non-hydrogen) atoms. The number of carboxylic acid groups (broad SMARTS) is 1. The molecule has 1 heterocycles. The summed E-state index contributed by atoms with van der Waals surface area (Å²) in [7, 11) is 0. The van der Waals surface area contributed by atoms with Gasteiger partial charge in [0.15, 0.2) is 5.69 Å². The second-order valence-corrected chi connectivity index (χ2v) is 10.7. The van der Waals surface area contributed by atoms with Crippen LogP contribution in [0.25, 0.3) is 11.5 Å². The third kappa shape index (κ3) is 7.80. The number of carbonyl (C=O) groups is 3. The van der Waals surface area contributed by atoms with Gasteiger partial charge in [0.05, 0.1) is 15.6 Å². The van der Waals surface area contributed by atoms with E-state index < -0.39 is 47.1 Å². The Balaban J connectivity index is 1.32. The summed E-state index contributed by atoms with van der Waals surface area (Å²) >= 11 is 11.8. The number of carboxylic acids is 1. The number of amides is 2. The summed E-state index contributed by atoms with van der Waals surface area (Å²) in [6.07, 6.45) is -1.71. The number of oxazole rings is 1. The van der Waals surface area contributed by atoms with Crippen LogP contribution < -0.4 is 10.6 Å². The third-order valence-electron chi connectivity index (χ3n) is 6.93. The number of halogens is 6. The minimum atomic E-state index is -5.10. The van der Waals surface area contributed by atoms with E-state index in [2.05, 4.69) is 15.6 Å². The van der Waals surface area contributed by atoms with Gasteiger partial charge in [-0.15, -0.1) is 0 Å². The van der Waals surface area contributed by atoms with Crippen LogP contribution in [0.1, 0.15) is 66.3 Å². The van der Waals surface area contributed by atoms with E-state index in [0.29, 0.717) is 11.6 Å². The summed E-state index contributed by atoms with van der Waals surface area (Å²) < 4.78 is 59.0.